The minimum atomic E-state index is -0.525. The zero-order chi connectivity index (χ0) is 16.2. The lowest BCUT2D eigenvalue weighted by Gasteiger charge is -2.29. The summed E-state index contributed by atoms with van der Waals surface area (Å²) in [5, 5.41) is 20.3. The van der Waals surface area contributed by atoms with Crippen LogP contribution in [0.25, 0.3) is 0 Å². The highest BCUT2D eigenvalue weighted by atomic mass is 16.3. The van der Waals surface area contributed by atoms with Crippen LogP contribution in [0, 0.1) is 11.8 Å². The molecule has 2 N–H and O–H groups in total. The average molecular weight is 312 g/mol. The number of hydrogen-bond donors (Lipinski definition) is 2. The summed E-state index contributed by atoms with van der Waals surface area (Å²) in [6.07, 6.45) is 12.7. The number of hydrogen-bond acceptors (Lipinski definition) is 3. The molecule has 0 amide bonds. The van der Waals surface area contributed by atoms with E-state index in [1.165, 1.54) is 25.7 Å². The maximum absolute atomic E-state index is 12.2. The van der Waals surface area contributed by atoms with E-state index in [9.17, 15) is 15.0 Å². The van der Waals surface area contributed by atoms with Crippen molar-refractivity contribution in [2.45, 2.75) is 96.5 Å². The predicted molar refractivity (Wildman–Crippen MR) is 90.8 cm³/mol. The number of rotatable bonds is 4. The molecule has 1 saturated carbocycles. The average Bonchev–Trinajstić information content (AvgIpc) is 2.52. The molecule has 22 heavy (non-hydrogen) atoms. The van der Waals surface area contributed by atoms with Crippen LogP contribution >= 0.6 is 0 Å². The van der Waals surface area contributed by atoms with E-state index in [0.717, 1.165) is 44.9 Å². The number of aliphatic hydroxyl groups excluding tert-OH is 2. The quantitative estimate of drug-likeness (QED) is 0.816. The highest BCUT2D eigenvalue weighted by molar-refractivity contribution is 5.78. The van der Waals surface area contributed by atoms with Crippen LogP contribution in [0.3, 0.4) is 0 Å². The summed E-state index contributed by atoms with van der Waals surface area (Å²) in [6.45, 7) is 2.18. The van der Waals surface area contributed by atoms with Gasteiger partial charge in [-0.05, 0) is 25.2 Å². The van der Waals surface area contributed by atoms with E-state index in [1.807, 2.05) is 0 Å². The number of unbranched alkanes of at least 4 members (excludes halogenated alkanes) is 1. The van der Waals surface area contributed by atoms with E-state index in [0.29, 0.717) is 18.6 Å². The second kappa shape index (κ2) is 12.1. The van der Waals surface area contributed by atoms with Gasteiger partial charge in [0.2, 0.25) is 0 Å². The first kappa shape index (κ1) is 19.6. The van der Waals surface area contributed by atoms with Crippen LogP contribution in [0.2, 0.25) is 0 Å². The van der Waals surface area contributed by atoms with Gasteiger partial charge in [-0.15, -0.1) is 0 Å². The molecule has 1 aliphatic rings. The number of Topliss-reactive ketones (excluding diaryl/α,β-unsaturated/α-hetero) is 1. The SMILES string of the molecule is CCCC[C@@H]1CC(=O)CCCCCCCCC[C@H](CO)[C@H]1O. The van der Waals surface area contributed by atoms with Gasteiger partial charge in [0.05, 0.1) is 6.10 Å². The highest BCUT2D eigenvalue weighted by Gasteiger charge is 2.28. The predicted octanol–water partition coefficient (Wildman–Crippen LogP) is 4.25. The van der Waals surface area contributed by atoms with Gasteiger partial charge in [-0.3, -0.25) is 4.79 Å². The number of carbonyl (C=O) groups excluding carboxylic acids is 1. The van der Waals surface area contributed by atoms with E-state index >= 15 is 0 Å². The lowest BCUT2D eigenvalue weighted by Crippen LogP contribution is -2.33. The van der Waals surface area contributed by atoms with Gasteiger partial charge in [0.25, 0.3) is 0 Å². The Bertz CT molecular complexity index is 290. The van der Waals surface area contributed by atoms with Crippen LogP contribution in [0.4, 0.5) is 0 Å². The first-order valence-corrected chi connectivity index (χ1v) is 9.49. The summed E-state index contributed by atoms with van der Waals surface area (Å²) in [5.41, 5.74) is 0. The smallest absolute Gasteiger partial charge is 0.133 e. The molecule has 1 aliphatic carbocycles. The fourth-order valence-electron chi connectivity index (χ4n) is 3.62. The number of ketones is 1. The van der Waals surface area contributed by atoms with Crippen molar-refractivity contribution >= 4 is 5.78 Å². The van der Waals surface area contributed by atoms with Gasteiger partial charge in [0.15, 0.2) is 0 Å². The molecule has 0 bridgehead atoms. The van der Waals surface area contributed by atoms with E-state index in [1.54, 1.807) is 0 Å². The fourth-order valence-corrected chi connectivity index (χ4v) is 3.62. The second-order valence-corrected chi connectivity index (χ2v) is 7.09. The molecule has 0 aromatic heterocycles. The van der Waals surface area contributed by atoms with Crippen molar-refractivity contribution in [2.75, 3.05) is 6.61 Å². The molecular formula is C19H36O3. The zero-order valence-corrected chi connectivity index (χ0v) is 14.4. The summed E-state index contributed by atoms with van der Waals surface area (Å²) in [6, 6.07) is 0. The molecule has 3 nitrogen and oxygen atoms in total. The molecular weight excluding hydrogens is 276 g/mol. The molecule has 0 heterocycles. The largest absolute Gasteiger partial charge is 0.396 e. The van der Waals surface area contributed by atoms with Crippen LogP contribution in [0.15, 0.2) is 0 Å². The Morgan fingerprint density at radius 3 is 2.27 bits per heavy atom. The van der Waals surface area contributed by atoms with Crippen molar-refractivity contribution in [3.8, 4) is 0 Å². The lowest BCUT2D eigenvalue weighted by molar-refractivity contribution is -0.121. The second-order valence-electron chi connectivity index (χ2n) is 7.09. The molecule has 0 unspecified atom stereocenters. The van der Waals surface area contributed by atoms with Crippen LogP contribution < -0.4 is 0 Å². The Kier molecular flexibility index (Phi) is 10.8. The molecule has 0 saturated heterocycles. The van der Waals surface area contributed by atoms with Gasteiger partial charge in [-0.2, -0.15) is 0 Å². The Balaban J connectivity index is 2.67. The first-order valence-electron chi connectivity index (χ1n) is 9.49. The number of aliphatic hydroxyl groups is 2. The topological polar surface area (TPSA) is 57.5 Å². The van der Waals surface area contributed by atoms with Crippen molar-refractivity contribution in [3.63, 3.8) is 0 Å². The van der Waals surface area contributed by atoms with Gasteiger partial charge < -0.3 is 10.2 Å². The van der Waals surface area contributed by atoms with Crippen molar-refractivity contribution < 1.29 is 15.0 Å². The lowest BCUT2D eigenvalue weighted by atomic mass is 9.81. The molecule has 3 heteroatoms. The van der Waals surface area contributed by atoms with Gasteiger partial charge in [-0.25, -0.2) is 0 Å². The van der Waals surface area contributed by atoms with Crippen molar-refractivity contribution in [3.05, 3.63) is 0 Å². The third kappa shape index (κ3) is 7.73. The van der Waals surface area contributed by atoms with Crippen LogP contribution in [0.1, 0.15) is 90.4 Å². The molecule has 130 valence electrons. The third-order valence-corrected chi connectivity index (χ3v) is 5.15. The van der Waals surface area contributed by atoms with E-state index in [2.05, 4.69) is 6.92 Å². The summed E-state index contributed by atoms with van der Waals surface area (Å²) < 4.78 is 0. The monoisotopic (exact) mass is 312 g/mol. The molecule has 0 aromatic carbocycles. The third-order valence-electron chi connectivity index (χ3n) is 5.15. The van der Waals surface area contributed by atoms with Crippen LogP contribution in [-0.2, 0) is 4.79 Å². The summed E-state index contributed by atoms with van der Waals surface area (Å²) in [7, 11) is 0. The molecule has 0 aromatic rings. The number of carbonyl (C=O) groups is 1. The summed E-state index contributed by atoms with van der Waals surface area (Å²) >= 11 is 0. The zero-order valence-electron chi connectivity index (χ0n) is 14.4. The first-order chi connectivity index (χ1) is 10.7. The molecule has 1 fully saturated rings. The summed E-state index contributed by atoms with van der Waals surface area (Å²) in [5.74, 6) is 0.277. The molecule has 1 rings (SSSR count). The Morgan fingerprint density at radius 1 is 1.00 bits per heavy atom. The Labute approximate surface area is 136 Å². The summed E-state index contributed by atoms with van der Waals surface area (Å²) in [4.78, 5) is 12.2. The minimum Gasteiger partial charge on any atom is -0.396 e. The van der Waals surface area contributed by atoms with Gasteiger partial charge in [0.1, 0.15) is 5.78 Å². The maximum atomic E-state index is 12.2. The fraction of sp³-hybridized carbons (Fsp3) is 0.947. The van der Waals surface area contributed by atoms with E-state index < -0.39 is 6.10 Å². The van der Waals surface area contributed by atoms with Crippen molar-refractivity contribution in [1.29, 1.82) is 0 Å². The maximum Gasteiger partial charge on any atom is 0.133 e. The van der Waals surface area contributed by atoms with Gasteiger partial charge in [-0.1, -0.05) is 58.3 Å². The van der Waals surface area contributed by atoms with Gasteiger partial charge in [0, 0.05) is 25.4 Å². The molecule has 0 radical (unpaired) electrons. The van der Waals surface area contributed by atoms with Crippen LogP contribution in [-0.4, -0.2) is 28.7 Å². The molecule has 0 spiro atoms. The molecule has 0 aliphatic heterocycles. The minimum absolute atomic E-state index is 0.0348. The van der Waals surface area contributed by atoms with Crippen LogP contribution in [0.5, 0.6) is 0 Å². The van der Waals surface area contributed by atoms with E-state index in [4.69, 9.17) is 0 Å². The van der Waals surface area contributed by atoms with Gasteiger partial charge >= 0.3 is 0 Å². The standard InChI is InChI=1S/C19H36O3/c1-2-3-11-16-14-18(21)13-10-8-6-4-5-7-9-12-17(15-20)19(16)22/h16-17,19-20,22H,2-15H2,1H3/t16-,17-,19+/m1/s1. The molecule has 3 atom stereocenters. The Morgan fingerprint density at radius 2 is 1.64 bits per heavy atom. The van der Waals surface area contributed by atoms with Crippen molar-refractivity contribution in [2.24, 2.45) is 11.8 Å². The van der Waals surface area contributed by atoms with E-state index in [-0.39, 0.29) is 18.4 Å². The Hall–Kier alpha value is -0.410. The highest BCUT2D eigenvalue weighted by Crippen LogP contribution is 2.27. The normalized spacial score (nSPS) is 30.0. The van der Waals surface area contributed by atoms with Crippen molar-refractivity contribution in [1.82, 2.24) is 0 Å².